The van der Waals surface area contributed by atoms with E-state index >= 15 is 0 Å². The van der Waals surface area contributed by atoms with Gasteiger partial charge < -0.3 is 5.73 Å². The highest BCUT2D eigenvalue weighted by Crippen LogP contribution is 2.28. The molecule has 0 spiro atoms. The average molecular weight is 413 g/mol. The van der Waals surface area contributed by atoms with E-state index in [4.69, 9.17) is 5.73 Å². The molecule has 0 fully saturated rings. The number of nitrogens with two attached hydrogens (primary N) is 1. The zero-order valence-electron chi connectivity index (χ0n) is 14.4. The molecule has 0 aliphatic rings. The fraction of sp³-hybridized carbons (Fsp3) is 0.188. The number of halogens is 5. The molecule has 0 saturated carbocycles. The Kier molecular flexibility index (Phi) is 5.50. The minimum absolute atomic E-state index is 0.0157. The average Bonchev–Trinajstić information content (AvgIpc) is 3.05. The zero-order valence-corrected chi connectivity index (χ0v) is 14.4. The number of nitrogens with zero attached hydrogens (tertiary/aromatic N) is 5. The third kappa shape index (κ3) is 4.34. The Hall–Kier alpha value is -3.48. The highest BCUT2D eigenvalue weighted by molar-refractivity contribution is 5.57. The van der Waals surface area contributed by atoms with Gasteiger partial charge in [-0.2, -0.15) is 27.1 Å². The van der Waals surface area contributed by atoms with Crippen molar-refractivity contribution in [3.63, 3.8) is 0 Å². The first-order chi connectivity index (χ1) is 13.7. The van der Waals surface area contributed by atoms with Gasteiger partial charge >= 0.3 is 11.9 Å². The van der Waals surface area contributed by atoms with E-state index in [1.807, 2.05) is 0 Å². The number of rotatable bonds is 5. The Morgan fingerprint density at radius 2 is 1.86 bits per heavy atom. The molecule has 152 valence electrons. The fourth-order valence-electron chi connectivity index (χ4n) is 2.39. The standard InChI is InChI=1S/C16H12F5N7O/c17-14(18)9(4-22)3-12-26-27-15(29)28(12)13-7-23-10(6-25-13)8-1-2-11(24-5-8)16(19,20)21/h1-2,5-7H,3-4,22H2,(H,27,29). The highest BCUT2D eigenvalue weighted by atomic mass is 19.4. The minimum Gasteiger partial charge on any atom is -0.327 e. The van der Waals surface area contributed by atoms with Crippen LogP contribution in [0.25, 0.3) is 17.1 Å². The number of alkyl halides is 3. The Labute approximate surface area is 158 Å². The van der Waals surface area contributed by atoms with Crippen molar-refractivity contribution >= 4 is 0 Å². The summed E-state index contributed by atoms with van der Waals surface area (Å²) in [7, 11) is 0. The van der Waals surface area contributed by atoms with Gasteiger partial charge in [0.05, 0.1) is 18.1 Å². The van der Waals surface area contributed by atoms with Crippen molar-refractivity contribution in [3.8, 4) is 17.1 Å². The molecule has 0 unspecified atom stereocenters. The summed E-state index contributed by atoms with van der Waals surface area (Å²) in [6, 6.07) is 1.98. The zero-order chi connectivity index (χ0) is 21.2. The fourth-order valence-corrected chi connectivity index (χ4v) is 2.39. The lowest BCUT2D eigenvalue weighted by atomic mass is 10.2. The Morgan fingerprint density at radius 3 is 2.38 bits per heavy atom. The lowest BCUT2D eigenvalue weighted by Gasteiger charge is -2.08. The second-order valence-corrected chi connectivity index (χ2v) is 5.71. The first kappa shape index (κ1) is 20.3. The molecule has 3 N–H and O–H groups in total. The Morgan fingerprint density at radius 1 is 1.10 bits per heavy atom. The van der Waals surface area contributed by atoms with Gasteiger partial charge in [0.25, 0.3) is 6.08 Å². The predicted molar refractivity (Wildman–Crippen MR) is 90.0 cm³/mol. The highest BCUT2D eigenvalue weighted by Gasteiger charge is 2.32. The van der Waals surface area contributed by atoms with Crippen LogP contribution in [0.15, 0.2) is 47.2 Å². The van der Waals surface area contributed by atoms with Crippen LogP contribution in [0.5, 0.6) is 0 Å². The first-order valence-corrected chi connectivity index (χ1v) is 7.96. The summed E-state index contributed by atoms with van der Waals surface area (Å²) in [5.74, 6) is -0.0699. The summed E-state index contributed by atoms with van der Waals surface area (Å²) in [5, 5.41) is 5.83. The molecule has 0 aliphatic heterocycles. The molecular formula is C16H12F5N7O. The number of nitrogens with one attached hydrogen (secondary N) is 1. The molecule has 3 rings (SSSR count). The van der Waals surface area contributed by atoms with Gasteiger partial charge in [-0.15, -0.1) is 0 Å². The van der Waals surface area contributed by atoms with Gasteiger partial charge in [0.1, 0.15) is 11.5 Å². The maximum absolute atomic E-state index is 12.8. The van der Waals surface area contributed by atoms with Gasteiger partial charge in [0.2, 0.25) is 0 Å². The number of aromatic nitrogens is 6. The van der Waals surface area contributed by atoms with Gasteiger partial charge in [-0.1, -0.05) is 0 Å². The van der Waals surface area contributed by atoms with E-state index in [2.05, 4.69) is 25.1 Å². The molecule has 0 radical (unpaired) electrons. The molecule has 8 nitrogen and oxygen atoms in total. The molecule has 0 aliphatic carbocycles. The third-order valence-corrected chi connectivity index (χ3v) is 3.84. The molecule has 3 aromatic rings. The van der Waals surface area contributed by atoms with E-state index in [-0.39, 0.29) is 29.3 Å². The quantitative estimate of drug-likeness (QED) is 0.619. The second-order valence-electron chi connectivity index (χ2n) is 5.71. The smallest absolute Gasteiger partial charge is 0.327 e. The summed E-state index contributed by atoms with van der Waals surface area (Å²) in [6.07, 6.45) is -3.56. The maximum atomic E-state index is 12.8. The van der Waals surface area contributed by atoms with Crippen molar-refractivity contribution in [1.82, 2.24) is 29.7 Å². The van der Waals surface area contributed by atoms with E-state index in [1.165, 1.54) is 12.3 Å². The van der Waals surface area contributed by atoms with Gasteiger partial charge in [-0.3, -0.25) is 9.97 Å². The number of H-pyrrole nitrogens is 1. The van der Waals surface area contributed by atoms with Crippen LogP contribution >= 0.6 is 0 Å². The van der Waals surface area contributed by atoms with Gasteiger partial charge in [-0.05, 0) is 12.1 Å². The van der Waals surface area contributed by atoms with E-state index in [9.17, 15) is 26.7 Å². The molecule has 29 heavy (non-hydrogen) atoms. The van der Waals surface area contributed by atoms with Crippen molar-refractivity contribution in [2.24, 2.45) is 5.73 Å². The molecule has 3 heterocycles. The van der Waals surface area contributed by atoms with E-state index in [1.54, 1.807) is 0 Å². The van der Waals surface area contributed by atoms with Crippen molar-refractivity contribution in [3.05, 3.63) is 64.4 Å². The summed E-state index contributed by atoms with van der Waals surface area (Å²) in [6.45, 7) is -0.422. The first-order valence-electron chi connectivity index (χ1n) is 7.96. The molecule has 0 amide bonds. The van der Waals surface area contributed by atoms with E-state index in [0.717, 1.165) is 23.0 Å². The van der Waals surface area contributed by atoms with Crippen LogP contribution in [0.2, 0.25) is 0 Å². The molecule has 13 heteroatoms. The summed E-state index contributed by atoms with van der Waals surface area (Å²) >= 11 is 0. The van der Waals surface area contributed by atoms with Crippen LogP contribution in [-0.2, 0) is 12.6 Å². The summed E-state index contributed by atoms with van der Waals surface area (Å²) < 4.78 is 64.4. The van der Waals surface area contributed by atoms with Crippen LogP contribution in [0.1, 0.15) is 11.5 Å². The van der Waals surface area contributed by atoms with Crippen LogP contribution in [0.3, 0.4) is 0 Å². The number of hydrogen-bond acceptors (Lipinski definition) is 6. The normalized spacial score (nSPS) is 11.5. The second kappa shape index (κ2) is 7.87. The van der Waals surface area contributed by atoms with Crippen molar-refractivity contribution in [2.45, 2.75) is 12.6 Å². The number of hydrogen-bond donors (Lipinski definition) is 2. The molecular weight excluding hydrogens is 401 g/mol. The van der Waals surface area contributed by atoms with Crippen LogP contribution in [0.4, 0.5) is 22.0 Å². The Bertz CT molecular complexity index is 1080. The molecule has 0 bridgehead atoms. The Balaban J connectivity index is 1.91. The minimum atomic E-state index is -4.57. The van der Waals surface area contributed by atoms with Gasteiger partial charge in [-0.25, -0.2) is 19.4 Å². The van der Waals surface area contributed by atoms with Crippen LogP contribution in [0, 0.1) is 0 Å². The van der Waals surface area contributed by atoms with E-state index in [0.29, 0.717) is 0 Å². The third-order valence-electron chi connectivity index (χ3n) is 3.84. The topological polar surface area (TPSA) is 115 Å². The lowest BCUT2D eigenvalue weighted by molar-refractivity contribution is -0.141. The molecule has 0 aromatic carbocycles. The summed E-state index contributed by atoms with van der Waals surface area (Å²) in [4.78, 5) is 23.4. The SMILES string of the molecule is NCC(Cc1n[nH]c(=O)n1-c1cnc(-c2ccc(C(F)(F)F)nc2)cn1)=C(F)F. The van der Waals surface area contributed by atoms with Crippen molar-refractivity contribution in [1.29, 1.82) is 0 Å². The monoisotopic (exact) mass is 413 g/mol. The van der Waals surface area contributed by atoms with E-state index < -0.39 is 35.8 Å². The number of aromatic amines is 1. The lowest BCUT2D eigenvalue weighted by Crippen LogP contribution is -2.19. The molecule has 0 atom stereocenters. The molecule has 0 saturated heterocycles. The van der Waals surface area contributed by atoms with Crippen LogP contribution in [-0.4, -0.2) is 36.3 Å². The predicted octanol–water partition coefficient (Wildman–Crippen LogP) is 2.08. The largest absolute Gasteiger partial charge is 0.433 e. The number of pyridine rings is 1. The van der Waals surface area contributed by atoms with Crippen molar-refractivity contribution in [2.75, 3.05) is 6.54 Å². The van der Waals surface area contributed by atoms with Crippen molar-refractivity contribution < 1.29 is 22.0 Å². The van der Waals surface area contributed by atoms with Gasteiger partial charge in [0.15, 0.2) is 5.82 Å². The summed E-state index contributed by atoms with van der Waals surface area (Å²) in [5.41, 5.74) is 3.56. The van der Waals surface area contributed by atoms with Crippen LogP contribution < -0.4 is 11.4 Å². The maximum Gasteiger partial charge on any atom is 0.433 e. The molecule has 3 aromatic heterocycles. The van der Waals surface area contributed by atoms with Gasteiger partial charge in [0, 0.05) is 30.3 Å².